The number of ether oxygens (including phenoxy) is 2. The minimum Gasteiger partial charge on any atom is -0.445 e. The van der Waals surface area contributed by atoms with Crippen molar-refractivity contribution in [3.63, 3.8) is 0 Å². The number of likely N-dealkylation sites (tertiary alicyclic amines) is 1. The number of carbonyl (C=O) groups is 5. The molecule has 14 heteroatoms. The number of primary amides is 1. The molecule has 2 heterocycles. The smallest absolute Gasteiger partial charge is 0.408 e. The Morgan fingerprint density at radius 1 is 0.936 bits per heavy atom. The Hall–Kier alpha value is -4.53. The Bertz CT molecular complexity index is 1340. The number of hydrogen-bond acceptors (Lipinski definition) is 9. The summed E-state index contributed by atoms with van der Waals surface area (Å²) >= 11 is 0. The fourth-order valence-corrected chi connectivity index (χ4v) is 5.64. The van der Waals surface area contributed by atoms with E-state index in [4.69, 9.17) is 15.2 Å². The van der Waals surface area contributed by atoms with Crippen molar-refractivity contribution in [3.8, 4) is 0 Å². The molecule has 2 fully saturated rings. The van der Waals surface area contributed by atoms with E-state index in [9.17, 15) is 29.1 Å². The summed E-state index contributed by atoms with van der Waals surface area (Å²) in [6.45, 7) is 4.13. The van der Waals surface area contributed by atoms with Gasteiger partial charge in [-0.15, -0.1) is 0 Å². The molecule has 4 rings (SSSR count). The Labute approximate surface area is 273 Å². The van der Waals surface area contributed by atoms with E-state index in [1.54, 1.807) is 54.6 Å². The molecule has 2 aliphatic rings. The Kier molecular flexibility index (Phi) is 13.5. The third-order valence-corrected chi connectivity index (χ3v) is 8.16. The van der Waals surface area contributed by atoms with E-state index in [2.05, 4.69) is 20.9 Å². The van der Waals surface area contributed by atoms with Crippen LogP contribution in [0.25, 0.3) is 0 Å². The summed E-state index contributed by atoms with van der Waals surface area (Å²) in [6.07, 6.45) is -2.18. The summed E-state index contributed by atoms with van der Waals surface area (Å²) in [5, 5.41) is 19.3. The van der Waals surface area contributed by atoms with Gasteiger partial charge in [0.1, 0.15) is 18.7 Å². The third kappa shape index (κ3) is 11.0. The van der Waals surface area contributed by atoms with Crippen LogP contribution in [0.2, 0.25) is 0 Å². The van der Waals surface area contributed by atoms with Gasteiger partial charge in [-0.2, -0.15) is 0 Å². The number of nitrogens with two attached hydrogens (primary N) is 1. The van der Waals surface area contributed by atoms with Gasteiger partial charge in [-0.3, -0.25) is 24.1 Å². The maximum absolute atomic E-state index is 13.7. The number of carbonyl (C=O) groups excluding carboxylic acids is 5. The van der Waals surface area contributed by atoms with Crippen molar-refractivity contribution in [3.05, 3.63) is 71.8 Å². The first-order valence-electron chi connectivity index (χ1n) is 15.9. The second-order valence-corrected chi connectivity index (χ2v) is 11.6. The molecule has 0 radical (unpaired) electrons. The summed E-state index contributed by atoms with van der Waals surface area (Å²) in [5.74, 6) is -2.71. The van der Waals surface area contributed by atoms with Gasteiger partial charge in [0.05, 0.1) is 25.7 Å². The molecule has 0 saturated carbocycles. The molecule has 2 aromatic carbocycles. The van der Waals surface area contributed by atoms with Gasteiger partial charge in [0.15, 0.2) is 6.10 Å². The quantitative estimate of drug-likeness (QED) is 0.172. The van der Waals surface area contributed by atoms with Crippen LogP contribution in [0.1, 0.15) is 30.4 Å². The molecule has 0 aliphatic carbocycles. The zero-order chi connectivity index (χ0) is 33.6. The first-order chi connectivity index (χ1) is 22.7. The van der Waals surface area contributed by atoms with E-state index in [-0.39, 0.29) is 25.5 Å². The molecule has 0 unspecified atom stereocenters. The Balaban J connectivity index is 1.41. The maximum Gasteiger partial charge on any atom is 0.408 e. The number of aliphatic hydroxyl groups is 1. The van der Waals surface area contributed by atoms with Gasteiger partial charge in [-0.25, -0.2) is 4.79 Å². The predicted octanol–water partition coefficient (Wildman–Crippen LogP) is -0.315. The average molecular weight is 653 g/mol. The van der Waals surface area contributed by atoms with Crippen molar-refractivity contribution in [2.45, 2.75) is 56.5 Å². The minimum absolute atomic E-state index is 0.0471. The highest BCUT2D eigenvalue weighted by Gasteiger charge is 2.40. The number of nitrogens with one attached hydrogen (secondary N) is 3. The molecular formula is C33H44N6O8. The lowest BCUT2D eigenvalue weighted by molar-refractivity contribution is -0.147. The van der Waals surface area contributed by atoms with Crippen molar-refractivity contribution in [1.82, 2.24) is 25.8 Å². The van der Waals surface area contributed by atoms with Crippen LogP contribution in [0.4, 0.5) is 4.79 Å². The predicted molar refractivity (Wildman–Crippen MR) is 170 cm³/mol. The van der Waals surface area contributed by atoms with E-state index in [1.165, 1.54) is 4.90 Å². The maximum atomic E-state index is 13.7. The fourth-order valence-electron chi connectivity index (χ4n) is 5.64. The van der Waals surface area contributed by atoms with Crippen LogP contribution in [0.15, 0.2) is 60.7 Å². The van der Waals surface area contributed by atoms with Crippen LogP contribution in [-0.4, -0.2) is 115 Å². The van der Waals surface area contributed by atoms with Crippen LogP contribution in [0.3, 0.4) is 0 Å². The molecular weight excluding hydrogens is 608 g/mol. The van der Waals surface area contributed by atoms with Crippen molar-refractivity contribution < 1.29 is 38.6 Å². The van der Waals surface area contributed by atoms with Gasteiger partial charge in [-0.05, 0) is 30.4 Å². The molecule has 6 N–H and O–H groups in total. The normalized spacial score (nSPS) is 18.4. The zero-order valence-corrected chi connectivity index (χ0v) is 26.3. The second kappa shape index (κ2) is 18.0. The van der Waals surface area contributed by atoms with E-state index < -0.39 is 54.5 Å². The monoisotopic (exact) mass is 652 g/mol. The summed E-state index contributed by atoms with van der Waals surface area (Å²) in [6, 6.07) is 14.4. The molecule has 0 spiro atoms. The lowest BCUT2D eigenvalue weighted by Crippen LogP contribution is -2.58. The lowest BCUT2D eigenvalue weighted by atomic mass is 9.99. The molecule has 5 amide bonds. The van der Waals surface area contributed by atoms with E-state index in [0.717, 1.165) is 13.1 Å². The number of aliphatic hydroxyl groups excluding tert-OH is 1. The number of hydrogen-bond donors (Lipinski definition) is 5. The van der Waals surface area contributed by atoms with E-state index >= 15 is 0 Å². The van der Waals surface area contributed by atoms with E-state index in [0.29, 0.717) is 50.3 Å². The highest BCUT2D eigenvalue weighted by molar-refractivity contribution is 5.93. The number of nitrogens with zero attached hydrogens (tertiary/aromatic N) is 2. The van der Waals surface area contributed by atoms with Gasteiger partial charge < -0.3 is 41.2 Å². The summed E-state index contributed by atoms with van der Waals surface area (Å²) < 4.78 is 10.6. The minimum atomic E-state index is -1.74. The number of amides is 5. The number of rotatable bonds is 15. The highest BCUT2D eigenvalue weighted by Crippen LogP contribution is 2.20. The number of morpholine rings is 1. The van der Waals surface area contributed by atoms with Crippen LogP contribution in [0, 0.1) is 0 Å². The van der Waals surface area contributed by atoms with Gasteiger partial charge >= 0.3 is 6.09 Å². The molecule has 2 aromatic rings. The third-order valence-electron chi connectivity index (χ3n) is 8.16. The second-order valence-electron chi connectivity index (χ2n) is 11.6. The van der Waals surface area contributed by atoms with Gasteiger partial charge in [0.2, 0.25) is 17.7 Å². The van der Waals surface area contributed by atoms with Crippen molar-refractivity contribution in [1.29, 1.82) is 0 Å². The van der Waals surface area contributed by atoms with Crippen LogP contribution in [-0.2, 0) is 41.7 Å². The SMILES string of the molecule is NC(=O)C[C@H](NC(=O)OCc1ccccc1)C(=O)N[C@@H](Cc1ccccc1)[C@H](O)C(=O)N1CCC[C@H]1C(=O)NCCN1CCOCC1. The Morgan fingerprint density at radius 2 is 1.60 bits per heavy atom. The molecule has 2 saturated heterocycles. The standard InChI is InChI=1S/C33H44N6O8/c34-28(40)21-26(37-33(45)47-22-24-10-5-2-6-11-24)30(42)36-25(20-23-8-3-1-4-9-23)29(41)32(44)39-14-7-12-27(39)31(43)35-13-15-38-16-18-46-19-17-38/h1-6,8-11,25-27,29,41H,7,12-22H2,(H2,34,40)(H,35,43)(H,36,42)(H,37,45)/t25-,26-,27-,29-/m0/s1. The topological polar surface area (TPSA) is 193 Å². The van der Waals surface area contributed by atoms with Crippen LogP contribution in [0.5, 0.6) is 0 Å². The molecule has 0 bridgehead atoms. The Morgan fingerprint density at radius 3 is 2.26 bits per heavy atom. The summed E-state index contributed by atoms with van der Waals surface area (Å²) in [4.78, 5) is 68.2. The van der Waals surface area contributed by atoms with Crippen molar-refractivity contribution in [2.75, 3.05) is 45.9 Å². The van der Waals surface area contributed by atoms with Crippen molar-refractivity contribution in [2.24, 2.45) is 5.73 Å². The highest BCUT2D eigenvalue weighted by atomic mass is 16.5. The largest absolute Gasteiger partial charge is 0.445 e. The molecule has 4 atom stereocenters. The van der Waals surface area contributed by atoms with Crippen LogP contribution >= 0.6 is 0 Å². The summed E-state index contributed by atoms with van der Waals surface area (Å²) in [5.41, 5.74) is 6.80. The molecule has 14 nitrogen and oxygen atoms in total. The lowest BCUT2D eigenvalue weighted by Gasteiger charge is -2.31. The molecule has 2 aliphatic heterocycles. The van der Waals surface area contributed by atoms with Crippen LogP contribution < -0.4 is 21.7 Å². The molecule has 0 aromatic heterocycles. The number of benzene rings is 2. The first kappa shape index (κ1) is 35.3. The molecule has 47 heavy (non-hydrogen) atoms. The van der Waals surface area contributed by atoms with Crippen molar-refractivity contribution >= 4 is 29.7 Å². The first-order valence-corrected chi connectivity index (χ1v) is 15.9. The average Bonchev–Trinajstić information content (AvgIpc) is 3.58. The number of alkyl carbamates (subject to hydrolysis) is 1. The fraction of sp³-hybridized carbons (Fsp3) is 0.485. The molecule has 254 valence electrons. The van der Waals surface area contributed by atoms with E-state index in [1.807, 2.05) is 6.07 Å². The zero-order valence-electron chi connectivity index (χ0n) is 26.3. The van der Waals surface area contributed by atoms with Gasteiger partial charge in [0.25, 0.3) is 5.91 Å². The van der Waals surface area contributed by atoms with Gasteiger partial charge in [0, 0.05) is 32.7 Å². The summed E-state index contributed by atoms with van der Waals surface area (Å²) in [7, 11) is 0. The van der Waals surface area contributed by atoms with Gasteiger partial charge in [-0.1, -0.05) is 60.7 Å².